The number of Topliss-reactive ketones (excluding diaryl/α,β-unsaturated/α-hetero) is 1. The highest BCUT2D eigenvalue weighted by atomic mass is 16.3. The van der Waals surface area contributed by atoms with Gasteiger partial charge in [0.1, 0.15) is 11.5 Å². The second kappa shape index (κ2) is 7.43. The summed E-state index contributed by atoms with van der Waals surface area (Å²) in [6, 6.07) is 13.8. The number of aromatic hydroxyl groups is 2. The van der Waals surface area contributed by atoms with Crippen LogP contribution in [0.25, 0.3) is 12.2 Å². The fourth-order valence-electron chi connectivity index (χ4n) is 3.40. The molecule has 0 aliphatic heterocycles. The Kier molecular flexibility index (Phi) is 5.22. The van der Waals surface area contributed by atoms with Crippen molar-refractivity contribution < 1.29 is 15.0 Å². The minimum absolute atomic E-state index is 0.0802. The summed E-state index contributed by atoms with van der Waals surface area (Å²) in [5, 5.41) is 18.9. The maximum atomic E-state index is 13.1. The number of allylic oxidation sites excluding steroid dienone is 2. The van der Waals surface area contributed by atoms with Gasteiger partial charge in [-0.1, -0.05) is 45.0 Å². The lowest BCUT2D eigenvalue weighted by molar-refractivity contribution is -0.113. The summed E-state index contributed by atoms with van der Waals surface area (Å²) in [7, 11) is 0. The van der Waals surface area contributed by atoms with Crippen LogP contribution < -0.4 is 0 Å². The van der Waals surface area contributed by atoms with E-state index in [2.05, 4.69) is 20.8 Å². The number of carbonyl (C=O) groups excluding carboxylic acids is 1. The number of phenolic OH excluding ortho intramolecular Hbond substituents is 2. The molecular formula is C24H26O3. The Labute approximate surface area is 160 Å². The van der Waals surface area contributed by atoms with E-state index < -0.39 is 0 Å². The van der Waals surface area contributed by atoms with Crippen LogP contribution in [0.4, 0.5) is 0 Å². The van der Waals surface area contributed by atoms with Gasteiger partial charge in [0.15, 0.2) is 5.78 Å². The molecule has 1 aliphatic carbocycles. The molecule has 3 heteroatoms. The fourth-order valence-corrected chi connectivity index (χ4v) is 3.40. The first kappa shape index (κ1) is 19.0. The van der Waals surface area contributed by atoms with Crippen molar-refractivity contribution in [3.8, 4) is 11.5 Å². The first-order chi connectivity index (χ1) is 12.7. The van der Waals surface area contributed by atoms with Crippen LogP contribution in [-0.2, 0) is 4.79 Å². The minimum Gasteiger partial charge on any atom is -0.508 e. The van der Waals surface area contributed by atoms with E-state index in [4.69, 9.17) is 0 Å². The van der Waals surface area contributed by atoms with E-state index in [0.717, 1.165) is 35.1 Å². The molecule has 1 fully saturated rings. The third-order valence-electron chi connectivity index (χ3n) is 5.21. The van der Waals surface area contributed by atoms with Gasteiger partial charge in [-0.3, -0.25) is 4.79 Å². The van der Waals surface area contributed by atoms with Crippen molar-refractivity contribution in [2.45, 2.75) is 33.6 Å². The molecule has 0 atom stereocenters. The number of carbonyl (C=O) groups is 1. The van der Waals surface area contributed by atoms with Crippen molar-refractivity contribution in [3.05, 3.63) is 70.8 Å². The van der Waals surface area contributed by atoms with Gasteiger partial charge in [0.25, 0.3) is 0 Å². The molecule has 2 aromatic carbocycles. The van der Waals surface area contributed by atoms with Gasteiger partial charge in [-0.05, 0) is 71.7 Å². The Balaban J connectivity index is 1.99. The van der Waals surface area contributed by atoms with Crippen LogP contribution in [0.2, 0.25) is 0 Å². The first-order valence-corrected chi connectivity index (χ1v) is 9.26. The fraction of sp³-hybridized carbons (Fsp3) is 0.292. The Morgan fingerprint density at radius 2 is 1.15 bits per heavy atom. The highest BCUT2D eigenvalue weighted by Gasteiger charge is 2.34. The number of phenols is 2. The molecular weight excluding hydrogens is 336 g/mol. The van der Waals surface area contributed by atoms with Crippen LogP contribution in [0.3, 0.4) is 0 Å². The van der Waals surface area contributed by atoms with Crippen LogP contribution in [0, 0.1) is 11.3 Å². The molecule has 0 saturated heterocycles. The molecule has 2 aromatic rings. The summed E-state index contributed by atoms with van der Waals surface area (Å²) in [5.74, 6) is 0.874. The number of ketones is 1. The Morgan fingerprint density at radius 1 is 0.778 bits per heavy atom. The smallest absolute Gasteiger partial charge is 0.185 e. The second-order valence-corrected chi connectivity index (χ2v) is 8.32. The molecule has 3 nitrogen and oxygen atoms in total. The van der Waals surface area contributed by atoms with Crippen molar-refractivity contribution in [1.29, 1.82) is 0 Å². The normalized spacial score (nSPS) is 21.0. The van der Waals surface area contributed by atoms with Gasteiger partial charge < -0.3 is 10.2 Å². The second-order valence-electron chi connectivity index (χ2n) is 8.32. The lowest BCUT2D eigenvalue weighted by Crippen LogP contribution is -2.29. The summed E-state index contributed by atoms with van der Waals surface area (Å²) >= 11 is 0. The standard InChI is InChI=1S/C24H26O3/c1-24(2,3)20-14-18(12-16-4-8-21(25)9-5-16)23(27)19(15-20)13-17-6-10-22(26)11-7-17/h4-13,20,25-26H,14-15H2,1-3H3/b18-12+,19-13+. The molecule has 3 rings (SSSR count). The summed E-state index contributed by atoms with van der Waals surface area (Å²) in [5.41, 5.74) is 3.51. The zero-order valence-corrected chi connectivity index (χ0v) is 16.1. The summed E-state index contributed by atoms with van der Waals surface area (Å²) in [4.78, 5) is 13.1. The Morgan fingerprint density at radius 3 is 1.48 bits per heavy atom. The van der Waals surface area contributed by atoms with Crippen LogP contribution in [0.5, 0.6) is 11.5 Å². The number of benzene rings is 2. The molecule has 0 spiro atoms. The summed E-state index contributed by atoms with van der Waals surface area (Å²) in [6.07, 6.45) is 5.36. The van der Waals surface area contributed by atoms with Gasteiger partial charge in [0.05, 0.1) is 0 Å². The maximum Gasteiger partial charge on any atom is 0.185 e. The maximum absolute atomic E-state index is 13.1. The van der Waals surface area contributed by atoms with Crippen LogP contribution >= 0.6 is 0 Å². The Hall–Kier alpha value is -2.81. The predicted octanol–water partition coefficient (Wildman–Crippen LogP) is 5.59. The lowest BCUT2D eigenvalue weighted by Gasteiger charge is -2.35. The van der Waals surface area contributed by atoms with Gasteiger partial charge in [-0.15, -0.1) is 0 Å². The average Bonchev–Trinajstić information content (AvgIpc) is 2.61. The van der Waals surface area contributed by atoms with E-state index in [-0.39, 0.29) is 22.7 Å². The van der Waals surface area contributed by atoms with Crippen molar-refractivity contribution in [2.75, 3.05) is 0 Å². The number of rotatable bonds is 2. The van der Waals surface area contributed by atoms with Crippen LogP contribution in [0.1, 0.15) is 44.7 Å². The molecule has 140 valence electrons. The van der Waals surface area contributed by atoms with Crippen LogP contribution in [-0.4, -0.2) is 16.0 Å². The van der Waals surface area contributed by atoms with Crippen LogP contribution in [0.15, 0.2) is 59.7 Å². The molecule has 0 unspecified atom stereocenters. The van der Waals surface area contributed by atoms with Crippen molar-refractivity contribution in [2.24, 2.45) is 11.3 Å². The molecule has 0 bridgehead atoms. The van der Waals surface area contributed by atoms with E-state index in [0.29, 0.717) is 5.92 Å². The molecule has 0 aromatic heterocycles. The Bertz CT molecular complexity index is 811. The molecule has 27 heavy (non-hydrogen) atoms. The topological polar surface area (TPSA) is 57.5 Å². The van der Waals surface area contributed by atoms with E-state index in [9.17, 15) is 15.0 Å². The monoisotopic (exact) mass is 362 g/mol. The van der Waals surface area contributed by atoms with Crippen molar-refractivity contribution in [1.82, 2.24) is 0 Å². The van der Waals surface area contributed by atoms with Crippen molar-refractivity contribution in [3.63, 3.8) is 0 Å². The highest BCUT2D eigenvalue weighted by Crippen LogP contribution is 2.42. The van der Waals surface area contributed by atoms with Gasteiger partial charge in [-0.2, -0.15) is 0 Å². The molecule has 2 N–H and O–H groups in total. The van der Waals surface area contributed by atoms with E-state index >= 15 is 0 Å². The number of hydrogen-bond acceptors (Lipinski definition) is 3. The molecule has 0 radical (unpaired) electrons. The molecule has 1 saturated carbocycles. The first-order valence-electron chi connectivity index (χ1n) is 9.26. The molecule has 0 heterocycles. The van der Waals surface area contributed by atoms with E-state index in [1.165, 1.54) is 0 Å². The van der Waals surface area contributed by atoms with Gasteiger partial charge >= 0.3 is 0 Å². The zero-order valence-electron chi connectivity index (χ0n) is 16.1. The number of hydrogen-bond donors (Lipinski definition) is 2. The van der Waals surface area contributed by atoms with E-state index in [1.807, 2.05) is 36.4 Å². The largest absolute Gasteiger partial charge is 0.508 e. The van der Waals surface area contributed by atoms with Gasteiger partial charge in [0, 0.05) is 11.1 Å². The highest BCUT2D eigenvalue weighted by molar-refractivity contribution is 6.14. The zero-order chi connectivity index (χ0) is 19.6. The summed E-state index contributed by atoms with van der Waals surface area (Å²) in [6.45, 7) is 6.64. The van der Waals surface area contributed by atoms with Gasteiger partial charge in [-0.25, -0.2) is 0 Å². The SMILES string of the molecule is CC(C)(C)C1C/C(=C\c2ccc(O)cc2)C(=O)/C(=C/c2ccc(O)cc2)C1. The summed E-state index contributed by atoms with van der Waals surface area (Å²) < 4.78 is 0. The van der Waals surface area contributed by atoms with E-state index in [1.54, 1.807) is 24.3 Å². The predicted molar refractivity (Wildman–Crippen MR) is 109 cm³/mol. The molecule has 1 aliphatic rings. The third kappa shape index (κ3) is 4.68. The van der Waals surface area contributed by atoms with Crippen molar-refractivity contribution >= 4 is 17.9 Å². The molecule has 0 amide bonds. The average molecular weight is 362 g/mol. The van der Waals surface area contributed by atoms with Gasteiger partial charge in [0.2, 0.25) is 0 Å². The third-order valence-corrected chi connectivity index (χ3v) is 5.21. The lowest BCUT2D eigenvalue weighted by atomic mass is 9.68. The minimum atomic E-state index is 0.0802. The quantitative estimate of drug-likeness (QED) is 0.685.